The van der Waals surface area contributed by atoms with Crippen molar-refractivity contribution in [1.29, 1.82) is 0 Å². The summed E-state index contributed by atoms with van der Waals surface area (Å²) >= 11 is 0. The molecule has 11 nitrogen and oxygen atoms in total. The topological polar surface area (TPSA) is 149 Å². The van der Waals surface area contributed by atoms with Crippen LogP contribution in [0.3, 0.4) is 0 Å². The third-order valence-electron chi connectivity index (χ3n) is 3.60. The van der Waals surface area contributed by atoms with Gasteiger partial charge in [0.15, 0.2) is 29.9 Å². The summed E-state index contributed by atoms with van der Waals surface area (Å²) in [4.78, 5) is 14.4. The van der Waals surface area contributed by atoms with Gasteiger partial charge in [-0.2, -0.15) is 9.97 Å². The molecule has 26 heavy (non-hydrogen) atoms. The summed E-state index contributed by atoms with van der Waals surface area (Å²) < 4.78 is 23.5. The van der Waals surface area contributed by atoms with Crippen LogP contribution in [-0.4, -0.2) is 75.9 Å². The normalized spacial score (nSPS) is 15.7. The predicted octanol–water partition coefficient (Wildman–Crippen LogP) is 0.120. The molecule has 0 aliphatic heterocycles. The van der Waals surface area contributed by atoms with Gasteiger partial charge in [-0.3, -0.25) is 4.57 Å². The summed E-state index contributed by atoms with van der Waals surface area (Å²) in [6, 6.07) is 0. The van der Waals surface area contributed by atoms with Crippen molar-refractivity contribution in [2.75, 3.05) is 44.6 Å². The number of hydrogen-bond donors (Lipinski definition) is 3. The molecule has 0 amide bonds. The summed E-state index contributed by atoms with van der Waals surface area (Å²) in [5.74, 6) is 0.583. The van der Waals surface area contributed by atoms with Crippen LogP contribution in [0.4, 0.5) is 11.8 Å². The van der Waals surface area contributed by atoms with E-state index in [1.165, 1.54) is 24.5 Å². The fourth-order valence-electron chi connectivity index (χ4n) is 2.31. The number of aliphatic hydroxyl groups is 2. The summed E-state index contributed by atoms with van der Waals surface area (Å²) in [5.41, 5.74) is 6.65. The van der Waals surface area contributed by atoms with Crippen molar-refractivity contribution in [2.24, 2.45) is 0 Å². The van der Waals surface area contributed by atoms with Crippen molar-refractivity contribution in [3.8, 4) is 0 Å². The second-order valence-electron chi connectivity index (χ2n) is 5.91. The third kappa shape index (κ3) is 4.63. The number of nitrogens with two attached hydrogens (primary N) is 1. The van der Waals surface area contributed by atoms with Crippen molar-refractivity contribution in [1.82, 2.24) is 19.5 Å². The van der Waals surface area contributed by atoms with Gasteiger partial charge in [0.05, 0.1) is 19.0 Å². The Morgan fingerprint density at radius 2 is 2.12 bits per heavy atom. The zero-order valence-electron chi connectivity index (χ0n) is 15.1. The summed E-state index contributed by atoms with van der Waals surface area (Å²) in [6.07, 6.45) is -1.17. The lowest BCUT2D eigenvalue weighted by Crippen LogP contribution is -2.34. The monoisotopic (exact) mass is 387 g/mol. The van der Waals surface area contributed by atoms with Crippen molar-refractivity contribution in [2.45, 2.75) is 25.4 Å². The highest BCUT2D eigenvalue weighted by Gasteiger charge is 2.27. The van der Waals surface area contributed by atoms with Crippen molar-refractivity contribution in [3.05, 3.63) is 6.33 Å². The number of ether oxygens (including phenoxy) is 1. The Kier molecular flexibility index (Phi) is 6.79. The van der Waals surface area contributed by atoms with E-state index in [2.05, 4.69) is 15.0 Å². The first-order valence-corrected chi connectivity index (χ1v) is 9.52. The second-order valence-corrected chi connectivity index (χ2v) is 7.05. The maximum atomic E-state index is 11.2. The van der Waals surface area contributed by atoms with Crippen LogP contribution in [0.1, 0.15) is 13.2 Å². The van der Waals surface area contributed by atoms with Gasteiger partial charge >= 0.3 is 8.03 Å². The maximum absolute atomic E-state index is 11.2. The molecule has 0 radical (unpaired) electrons. The molecule has 0 saturated heterocycles. The number of imidazole rings is 1. The zero-order chi connectivity index (χ0) is 19.4. The highest BCUT2D eigenvalue weighted by atomic mass is 31.1. The average molecular weight is 387 g/mol. The molecule has 0 aliphatic carbocycles. The molecule has 4 atom stereocenters. The molecule has 2 heterocycles. The fourth-order valence-corrected chi connectivity index (χ4v) is 2.67. The van der Waals surface area contributed by atoms with E-state index in [4.69, 9.17) is 15.0 Å². The van der Waals surface area contributed by atoms with E-state index in [1.54, 1.807) is 19.0 Å². The second kappa shape index (κ2) is 8.65. The van der Waals surface area contributed by atoms with Crippen molar-refractivity contribution >= 4 is 31.0 Å². The van der Waals surface area contributed by atoms with Gasteiger partial charge < -0.3 is 25.6 Å². The first-order chi connectivity index (χ1) is 12.2. The molecule has 0 saturated carbocycles. The van der Waals surface area contributed by atoms with E-state index in [0.29, 0.717) is 17.0 Å². The molecule has 2 aromatic rings. The number of anilines is 2. The molecule has 0 aliphatic rings. The van der Waals surface area contributed by atoms with Gasteiger partial charge in [0.25, 0.3) is 0 Å². The molecular formula is C14H24N6O5P+. The lowest BCUT2D eigenvalue weighted by atomic mass is 10.2. The average Bonchev–Trinajstić information content (AvgIpc) is 2.97. The predicted molar refractivity (Wildman–Crippen MR) is 96.2 cm³/mol. The molecule has 0 fully saturated rings. The lowest BCUT2D eigenvalue weighted by molar-refractivity contribution is -0.128. The SMILES string of the molecule is CC(O)[C@@H](CO[P+](C)=O)O[C@H](CO)n1cnc2c(N(C)C)nc(N)nc21. The van der Waals surface area contributed by atoms with E-state index in [0.717, 1.165) is 0 Å². The summed E-state index contributed by atoms with van der Waals surface area (Å²) in [6.45, 7) is 2.42. The Bertz CT molecular complexity index is 768. The number of nitrogens with zero attached hydrogens (tertiary/aromatic N) is 5. The fraction of sp³-hybridized carbons (Fsp3) is 0.643. The van der Waals surface area contributed by atoms with Gasteiger partial charge in [-0.05, 0) is 11.5 Å². The molecular weight excluding hydrogens is 363 g/mol. The number of rotatable bonds is 9. The van der Waals surface area contributed by atoms with Crippen molar-refractivity contribution < 1.29 is 24.0 Å². The van der Waals surface area contributed by atoms with Crippen LogP contribution in [0.2, 0.25) is 0 Å². The number of fused-ring (bicyclic) bond motifs is 1. The Hall–Kier alpha value is -1.91. The Morgan fingerprint density at radius 1 is 1.42 bits per heavy atom. The van der Waals surface area contributed by atoms with Gasteiger partial charge in [0.1, 0.15) is 12.7 Å². The molecule has 12 heteroatoms. The molecule has 0 bridgehead atoms. The van der Waals surface area contributed by atoms with Crippen LogP contribution in [0.5, 0.6) is 0 Å². The van der Waals surface area contributed by atoms with Crippen LogP contribution >= 0.6 is 8.03 Å². The molecule has 0 spiro atoms. The van der Waals surface area contributed by atoms with E-state index in [-0.39, 0.29) is 12.6 Å². The van der Waals surface area contributed by atoms with E-state index >= 15 is 0 Å². The third-order valence-corrected chi connectivity index (χ3v) is 4.11. The molecule has 2 unspecified atom stereocenters. The minimum absolute atomic E-state index is 0.0537. The van der Waals surface area contributed by atoms with Crippen molar-refractivity contribution in [3.63, 3.8) is 0 Å². The van der Waals surface area contributed by atoms with Gasteiger partial charge in [-0.1, -0.05) is 0 Å². The zero-order valence-corrected chi connectivity index (χ0v) is 16.0. The van der Waals surface area contributed by atoms with Crippen LogP contribution in [0.15, 0.2) is 6.33 Å². The first-order valence-electron chi connectivity index (χ1n) is 7.90. The largest absolute Gasteiger partial charge is 0.504 e. The van der Waals surface area contributed by atoms with E-state index < -0.39 is 33.1 Å². The summed E-state index contributed by atoms with van der Waals surface area (Å²) in [5, 5.41) is 19.7. The Balaban J connectivity index is 2.36. The maximum Gasteiger partial charge on any atom is 0.504 e. The quantitative estimate of drug-likeness (QED) is 0.506. The minimum atomic E-state index is -1.84. The highest BCUT2D eigenvalue weighted by molar-refractivity contribution is 7.38. The number of aliphatic hydroxyl groups excluding tert-OH is 2. The number of hydrogen-bond acceptors (Lipinski definition) is 10. The van der Waals surface area contributed by atoms with Gasteiger partial charge in [0, 0.05) is 14.1 Å². The molecule has 2 aromatic heterocycles. The molecule has 0 aromatic carbocycles. The van der Waals surface area contributed by atoms with Crippen LogP contribution in [-0.2, 0) is 13.8 Å². The van der Waals surface area contributed by atoms with Crippen LogP contribution < -0.4 is 10.6 Å². The molecule has 2 rings (SSSR count). The Labute approximate surface area is 151 Å². The lowest BCUT2D eigenvalue weighted by Gasteiger charge is -2.25. The molecule has 144 valence electrons. The van der Waals surface area contributed by atoms with Gasteiger partial charge in [0.2, 0.25) is 5.95 Å². The first kappa shape index (κ1) is 20.4. The Morgan fingerprint density at radius 3 is 2.65 bits per heavy atom. The van der Waals surface area contributed by atoms with Crippen LogP contribution in [0, 0.1) is 0 Å². The smallest absolute Gasteiger partial charge is 0.392 e. The molecule has 4 N–H and O–H groups in total. The van der Waals surface area contributed by atoms with Gasteiger partial charge in [-0.15, -0.1) is 4.52 Å². The standard InChI is InChI=1S/C14H24N6O5P/c1-8(22)9(6-24-26(4)23)25-10(5-21)20-7-16-11-12(19(2)3)17-14(15)18-13(11)20/h7-10,21-22H,5-6H2,1-4H3,(H2,15,17,18)/q+1/t8?,9-,10-/m1/s1. The highest BCUT2D eigenvalue weighted by Crippen LogP contribution is 2.26. The summed E-state index contributed by atoms with van der Waals surface area (Å²) in [7, 11) is 1.76. The van der Waals surface area contributed by atoms with E-state index in [9.17, 15) is 14.8 Å². The number of aromatic nitrogens is 4. The van der Waals surface area contributed by atoms with Crippen LogP contribution in [0.25, 0.3) is 11.2 Å². The number of nitrogen functional groups attached to an aromatic ring is 1. The minimum Gasteiger partial charge on any atom is -0.392 e. The van der Waals surface area contributed by atoms with E-state index in [1.807, 2.05) is 0 Å². The van der Waals surface area contributed by atoms with Gasteiger partial charge in [-0.25, -0.2) is 4.98 Å².